The van der Waals surface area contributed by atoms with Gasteiger partial charge in [0.15, 0.2) is 0 Å². The Bertz CT molecular complexity index is 970. The van der Waals surface area contributed by atoms with Crippen molar-refractivity contribution in [2.45, 2.75) is 13.1 Å². The maximum absolute atomic E-state index is 12.9. The van der Waals surface area contributed by atoms with Crippen molar-refractivity contribution in [3.8, 4) is 0 Å². The van der Waals surface area contributed by atoms with Crippen LogP contribution in [0.1, 0.15) is 21.5 Å². The molecule has 0 radical (unpaired) electrons. The number of carbonyl (C=O) groups excluding carboxylic acids is 1. The fourth-order valence-electron chi connectivity index (χ4n) is 4.19. The molecule has 0 atom stereocenters. The monoisotopic (exact) mass is 384 g/mol. The normalized spacial score (nSPS) is 16.1. The zero-order valence-corrected chi connectivity index (χ0v) is 16.4. The number of anilines is 2. The number of nitrogens with zero attached hydrogens (tertiary/aromatic N) is 4. The fraction of sp³-hybridized carbons (Fsp3) is 0.250. The zero-order chi connectivity index (χ0) is 19.6. The molecule has 1 amide bonds. The number of pyridine rings is 1. The van der Waals surface area contributed by atoms with Crippen LogP contribution in [-0.4, -0.2) is 42.0 Å². The summed E-state index contributed by atoms with van der Waals surface area (Å²) < 4.78 is 0. The van der Waals surface area contributed by atoms with Crippen molar-refractivity contribution in [3.05, 3.63) is 89.6 Å². The van der Waals surface area contributed by atoms with E-state index in [9.17, 15) is 4.79 Å². The molecule has 0 N–H and O–H groups in total. The van der Waals surface area contributed by atoms with Crippen LogP contribution in [-0.2, 0) is 13.1 Å². The number of fused-ring (bicyclic) bond motifs is 1. The first-order valence-electron chi connectivity index (χ1n) is 10.1. The zero-order valence-electron chi connectivity index (χ0n) is 16.4. The molecule has 2 aromatic carbocycles. The number of piperazine rings is 1. The minimum absolute atomic E-state index is 0.113. The molecule has 0 saturated carbocycles. The average Bonchev–Trinajstić information content (AvgIpc) is 3.24. The predicted octanol–water partition coefficient (Wildman–Crippen LogP) is 3.56. The third kappa shape index (κ3) is 3.56. The summed E-state index contributed by atoms with van der Waals surface area (Å²) in [7, 11) is 0. The van der Waals surface area contributed by atoms with E-state index in [-0.39, 0.29) is 5.91 Å². The highest BCUT2D eigenvalue weighted by Crippen LogP contribution is 2.28. The van der Waals surface area contributed by atoms with Gasteiger partial charge >= 0.3 is 0 Å². The maximum Gasteiger partial charge on any atom is 0.253 e. The minimum Gasteiger partial charge on any atom is -0.363 e. The van der Waals surface area contributed by atoms with E-state index in [4.69, 9.17) is 0 Å². The molecule has 5 nitrogen and oxygen atoms in total. The molecule has 0 spiro atoms. The van der Waals surface area contributed by atoms with E-state index in [0.717, 1.165) is 56.3 Å². The third-order valence-electron chi connectivity index (χ3n) is 5.86. The Kier molecular flexibility index (Phi) is 4.64. The standard InChI is InChI=1S/C24H24N4O/c29-24(27-15-13-26(14-16-27)23-7-3-4-12-25-23)19-8-10-22(11-9-19)28-17-20-5-1-2-6-21(20)18-28/h1-12H,13-18H2. The van der Waals surface area contributed by atoms with Crippen molar-refractivity contribution in [2.75, 3.05) is 36.0 Å². The van der Waals surface area contributed by atoms with E-state index < -0.39 is 0 Å². The molecule has 5 rings (SSSR count). The molecular formula is C24H24N4O. The maximum atomic E-state index is 12.9. The lowest BCUT2D eigenvalue weighted by Crippen LogP contribution is -2.49. The van der Waals surface area contributed by atoms with Gasteiger partial charge in [0.25, 0.3) is 5.91 Å². The van der Waals surface area contributed by atoms with Crippen LogP contribution in [0, 0.1) is 0 Å². The lowest BCUT2D eigenvalue weighted by molar-refractivity contribution is 0.0746. The number of aromatic nitrogens is 1. The predicted molar refractivity (Wildman–Crippen MR) is 115 cm³/mol. The smallest absolute Gasteiger partial charge is 0.253 e. The van der Waals surface area contributed by atoms with Crippen LogP contribution >= 0.6 is 0 Å². The molecule has 1 fully saturated rings. The summed E-state index contributed by atoms with van der Waals surface area (Å²) in [6.45, 7) is 4.93. The van der Waals surface area contributed by atoms with Gasteiger partial charge in [-0.2, -0.15) is 0 Å². The van der Waals surface area contributed by atoms with E-state index in [0.29, 0.717) is 0 Å². The summed E-state index contributed by atoms with van der Waals surface area (Å²) in [6, 6.07) is 22.6. The van der Waals surface area contributed by atoms with Crippen LogP contribution < -0.4 is 9.80 Å². The van der Waals surface area contributed by atoms with E-state index in [2.05, 4.69) is 51.2 Å². The second-order valence-electron chi connectivity index (χ2n) is 7.64. The van der Waals surface area contributed by atoms with Crippen LogP contribution in [0.5, 0.6) is 0 Å². The fourth-order valence-corrected chi connectivity index (χ4v) is 4.19. The largest absolute Gasteiger partial charge is 0.363 e. The molecule has 146 valence electrons. The van der Waals surface area contributed by atoms with Crippen LogP contribution in [0.25, 0.3) is 0 Å². The van der Waals surface area contributed by atoms with Gasteiger partial charge in [0, 0.05) is 56.7 Å². The molecule has 5 heteroatoms. The van der Waals surface area contributed by atoms with E-state index in [1.165, 1.54) is 11.1 Å². The molecule has 0 aliphatic carbocycles. The van der Waals surface area contributed by atoms with Crippen molar-refractivity contribution in [1.82, 2.24) is 9.88 Å². The van der Waals surface area contributed by atoms with Gasteiger partial charge in [0.05, 0.1) is 0 Å². The first-order valence-corrected chi connectivity index (χ1v) is 10.1. The summed E-state index contributed by atoms with van der Waals surface area (Å²) >= 11 is 0. The van der Waals surface area contributed by atoms with Gasteiger partial charge in [-0.3, -0.25) is 4.79 Å². The van der Waals surface area contributed by atoms with Crippen LogP contribution in [0.2, 0.25) is 0 Å². The highest BCUT2D eigenvalue weighted by atomic mass is 16.2. The van der Waals surface area contributed by atoms with Gasteiger partial charge in [-0.25, -0.2) is 4.98 Å². The summed E-state index contributed by atoms with van der Waals surface area (Å²) in [5, 5.41) is 0. The Morgan fingerprint density at radius 2 is 1.38 bits per heavy atom. The molecule has 0 unspecified atom stereocenters. The molecular weight excluding hydrogens is 360 g/mol. The van der Waals surface area contributed by atoms with Crippen LogP contribution in [0.3, 0.4) is 0 Å². The van der Waals surface area contributed by atoms with E-state index in [1.807, 2.05) is 41.4 Å². The number of rotatable bonds is 3. The SMILES string of the molecule is O=C(c1ccc(N2Cc3ccccc3C2)cc1)N1CCN(c2ccccn2)CC1. The quantitative estimate of drug-likeness (QED) is 0.692. The van der Waals surface area contributed by atoms with Crippen molar-refractivity contribution >= 4 is 17.4 Å². The molecule has 3 heterocycles. The molecule has 2 aliphatic rings. The Hall–Kier alpha value is -3.34. The molecule has 29 heavy (non-hydrogen) atoms. The number of benzene rings is 2. The van der Waals surface area contributed by atoms with E-state index in [1.54, 1.807) is 0 Å². The van der Waals surface area contributed by atoms with Crippen LogP contribution in [0.4, 0.5) is 11.5 Å². The van der Waals surface area contributed by atoms with Crippen molar-refractivity contribution in [1.29, 1.82) is 0 Å². The van der Waals surface area contributed by atoms with Crippen molar-refractivity contribution in [2.24, 2.45) is 0 Å². The Morgan fingerprint density at radius 3 is 2.00 bits per heavy atom. The average molecular weight is 384 g/mol. The summed E-state index contributed by atoms with van der Waals surface area (Å²) in [5.74, 6) is 1.09. The summed E-state index contributed by atoms with van der Waals surface area (Å²) in [5.41, 5.74) is 4.70. The lowest BCUT2D eigenvalue weighted by atomic mass is 10.1. The van der Waals surface area contributed by atoms with Gasteiger partial charge in [-0.05, 0) is 47.5 Å². The van der Waals surface area contributed by atoms with Crippen molar-refractivity contribution in [3.63, 3.8) is 0 Å². The van der Waals surface area contributed by atoms with Gasteiger partial charge in [0.1, 0.15) is 5.82 Å². The first kappa shape index (κ1) is 17.7. The Balaban J connectivity index is 1.21. The van der Waals surface area contributed by atoms with Gasteiger partial charge in [-0.1, -0.05) is 30.3 Å². The third-order valence-corrected chi connectivity index (χ3v) is 5.86. The summed E-state index contributed by atoms with van der Waals surface area (Å²) in [6.07, 6.45) is 1.81. The molecule has 3 aromatic rings. The first-order chi connectivity index (χ1) is 14.3. The topological polar surface area (TPSA) is 39.7 Å². The molecule has 1 saturated heterocycles. The highest BCUT2D eigenvalue weighted by molar-refractivity contribution is 5.94. The summed E-state index contributed by atoms with van der Waals surface area (Å²) in [4.78, 5) is 23.9. The highest BCUT2D eigenvalue weighted by Gasteiger charge is 2.23. The molecule has 1 aromatic heterocycles. The Morgan fingerprint density at radius 1 is 0.724 bits per heavy atom. The van der Waals surface area contributed by atoms with Crippen molar-refractivity contribution < 1.29 is 4.79 Å². The van der Waals surface area contributed by atoms with Gasteiger partial charge in [-0.15, -0.1) is 0 Å². The van der Waals surface area contributed by atoms with Crippen LogP contribution in [0.15, 0.2) is 72.9 Å². The van der Waals surface area contributed by atoms with Gasteiger partial charge in [0.2, 0.25) is 0 Å². The van der Waals surface area contributed by atoms with Gasteiger partial charge < -0.3 is 14.7 Å². The molecule has 0 bridgehead atoms. The number of hydrogen-bond donors (Lipinski definition) is 0. The number of amides is 1. The molecule has 2 aliphatic heterocycles. The number of carbonyl (C=O) groups is 1. The second-order valence-corrected chi connectivity index (χ2v) is 7.64. The second kappa shape index (κ2) is 7.59. The minimum atomic E-state index is 0.113. The van der Waals surface area contributed by atoms with E-state index >= 15 is 0 Å². The lowest BCUT2D eigenvalue weighted by Gasteiger charge is -2.35. The Labute approximate surface area is 171 Å². The number of hydrogen-bond acceptors (Lipinski definition) is 4.